The zero-order valence-electron chi connectivity index (χ0n) is 11.3. The predicted octanol–water partition coefficient (Wildman–Crippen LogP) is 5.04. The van der Waals surface area contributed by atoms with Crippen LogP contribution < -0.4 is 10.1 Å². The van der Waals surface area contributed by atoms with E-state index in [9.17, 15) is 0 Å². The molecule has 1 atom stereocenters. The first-order chi connectivity index (χ1) is 10.3. The lowest BCUT2D eigenvalue weighted by atomic mass is 10.0. The molecule has 0 bridgehead atoms. The summed E-state index contributed by atoms with van der Waals surface area (Å²) in [6.07, 6.45) is 0.0169. The molecule has 1 aliphatic rings. The second kappa shape index (κ2) is 4.97. The molecule has 2 nitrogen and oxygen atoms in total. The lowest BCUT2D eigenvalue weighted by molar-refractivity contribution is 0.210. The predicted molar refractivity (Wildman–Crippen MR) is 87.3 cm³/mol. The number of benzene rings is 3. The van der Waals surface area contributed by atoms with Crippen LogP contribution in [0, 0.1) is 0 Å². The second-order valence-electron chi connectivity index (χ2n) is 5.23. The number of nitrogens with one attached hydrogen (secondary N) is 1. The van der Waals surface area contributed by atoms with Gasteiger partial charge in [0, 0.05) is 5.02 Å². The molecule has 0 saturated carbocycles. The number of hydrogen-bond acceptors (Lipinski definition) is 2. The summed E-state index contributed by atoms with van der Waals surface area (Å²) < 4.78 is 6.10. The molecule has 1 aliphatic heterocycles. The highest BCUT2D eigenvalue weighted by atomic mass is 35.5. The average molecular weight is 296 g/mol. The largest absolute Gasteiger partial charge is 0.482 e. The second-order valence-corrected chi connectivity index (χ2v) is 5.67. The summed E-state index contributed by atoms with van der Waals surface area (Å²) in [6, 6.07) is 20.5. The summed E-state index contributed by atoms with van der Waals surface area (Å²) in [4.78, 5) is 0. The van der Waals surface area contributed by atoms with Crippen LogP contribution in [0.3, 0.4) is 0 Å². The van der Waals surface area contributed by atoms with E-state index in [-0.39, 0.29) is 6.10 Å². The van der Waals surface area contributed by atoms with Gasteiger partial charge in [-0.1, -0.05) is 48.0 Å². The van der Waals surface area contributed by atoms with Crippen LogP contribution in [0.2, 0.25) is 5.02 Å². The highest BCUT2D eigenvalue weighted by molar-refractivity contribution is 6.30. The van der Waals surface area contributed by atoms with E-state index in [4.69, 9.17) is 16.3 Å². The van der Waals surface area contributed by atoms with Gasteiger partial charge in [-0.25, -0.2) is 0 Å². The quantitative estimate of drug-likeness (QED) is 0.679. The first-order valence-corrected chi connectivity index (χ1v) is 7.36. The zero-order chi connectivity index (χ0) is 14.2. The van der Waals surface area contributed by atoms with E-state index in [1.54, 1.807) is 0 Å². The van der Waals surface area contributed by atoms with Crippen LogP contribution >= 0.6 is 11.6 Å². The molecule has 4 rings (SSSR count). The average Bonchev–Trinajstić information content (AvgIpc) is 2.54. The fraction of sp³-hybridized carbons (Fsp3) is 0.111. The third-order valence-corrected chi connectivity index (χ3v) is 4.07. The molecular formula is C18H14ClNO. The van der Waals surface area contributed by atoms with Crippen molar-refractivity contribution in [1.29, 1.82) is 0 Å². The van der Waals surface area contributed by atoms with Gasteiger partial charge in [-0.3, -0.25) is 0 Å². The molecule has 0 aliphatic carbocycles. The minimum atomic E-state index is 0.0169. The minimum absolute atomic E-state index is 0.0169. The molecule has 1 unspecified atom stereocenters. The van der Waals surface area contributed by atoms with E-state index < -0.39 is 0 Å². The van der Waals surface area contributed by atoms with Crippen molar-refractivity contribution in [1.82, 2.24) is 0 Å². The number of fused-ring (bicyclic) bond motifs is 2. The third-order valence-electron chi connectivity index (χ3n) is 3.83. The van der Waals surface area contributed by atoms with Crippen molar-refractivity contribution in [2.45, 2.75) is 6.10 Å². The van der Waals surface area contributed by atoms with Crippen molar-refractivity contribution in [2.24, 2.45) is 0 Å². The van der Waals surface area contributed by atoms with Gasteiger partial charge in [-0.2, -0.15) is 0 Å². The van der Waals surface area contributed by atoms with Crippen LogP contribution in [0.15, 0.2) is 60.7 Å². The van der Waals surface area contributed by atoms with E-state index in [0.717, 1.165) is 18.0 Å². The number of ether oxygens (including phenoxy) is 1. The molecule has 1 heterocycles. The summed E-state index contributed by atoms with van der Waals surface area (Å²) in [7, 11) is 0. The molecule has 3 heteroatoms. The first-order valence-electron chi connectivity index (χ1n) is 6.98. The van der Waals surface area contributed by atoms with Crippen LogP contribution in [0.1, 0.15) is 11.7 Å². The Bertz CT molecular complexity index is 815. The molecule has 0 amide bonds. The lowest BCUT2D eigenvalue weighted by Crippen LogP contribution is -2.23. The van der Waals surface area contributed by atoms with Gasteiger partial charge in [0.2, 0.25) is 0 Å². The van der Waals surface area contributed by atoms with Crippen LogP contribution in [0.5, 0.6) is 5.75 Å². The summed E-state index contributed by atoms with van der Waals surface area (Å²) in [6.45, 7) is 0.742. The number of halogens is 1. The van der Waals surface area contributed by atoms with Gasteiger partial charge in [0.1, 0.15) is 11.9 Å². The molecule has 21 heavy (non-hydrogen) atoms. The molecule has 0 radical (unpaired) electrons. The van der Waals surface area contributed by atoms with Crippen LogP contribution in [-0.2, 0) is 0 Å². The van der Waals surface area contributed by atoms with Gasteiger partial charge in [-0.05, 0) is 40.6 Å². The molecule has 0 spiro atoms. The molecule has 0 aromatic heterocycles. The van der Waals surface area contributed by atoms with Crippen LogP contribution in [0.25, 0.3) is 10.8 Å². The smallest absolute Gasteiger partial charge is 0.143 e. The summed E-state index contributed by atoms with van der Waals surface area (Å²) in [5, 5.41) is 6.59. The number of anilines is 1. The maximum absolute atomic E-state index is 6.10. The van der Waals surface area contributed by atoms with E-state index in [1.165, 1.54) is 16.3 Å². The summed E-state index contributed by atoms with van der Waals surface area (Å²) >= 11 is 6.00. The number of rotatable bonds is 1. The van der Waals surface area contributed by atoms with E-state index >= 15 is 0 Å². The topological polar surface area (TPSA) is 21.3 Å². The van der Waals surface area contributed by atoms with Gasteiger partial charge in [0.15, 0.2) is 0 Å². The maximum Gasteiger partial charge on any atom is 0.143 e. The van der Waals surface area contributed by atoms with Crippen molar-refractivity contribution in [3.05, 3.63) is 71.2 Å². The SMILES string of the molecule is Clc1ccc2c(c1)NCC(c1ccc3ccccc3c1)O2. The highest BCUT2D eigenvalue weighted by Gasteiger charge is 2.21. The minimum Gasteiger partial charge on any atom is -0.482 e. The normalized spacial score (nSPS) is 16.9. The zero-order valence-corrected chi connectivity index (χ0v) is 12.1. The third kappa shape index (κ3) is 2.32. The monoisotopic (exact) mass is 295 g/mol. The Hall–Kier alpha value is -2.19. The summed E-state index contributed by atoms with van der Waals surface area (Å²) in [5.74, 6) is 0.851. The highest BCUT2D eigenvalue weighted by Crippen LogP contribution is 2.36. The van der Waals surface area contributed by atoms with E-state index in [2.05, 4.69) is 47.8 Å². The molecule has 104 valence electrons. The maximum atomic E-state index is 6.10. The van der Waals surface area contributed by atoms with Crippen molar-refractivity contribution < 1.29 is 4.74 Å². The standard InChI is InChI=1S/C18H14ClNO/c19-15-7-8-17-16(10-15)20-11-18(21-17)14-6-5-12-3-1-2-4-13(12)9-14/h1-10,18,20H,11H2. The Labute approximate surface area is 128 Å². The number of hydrogen-bond donors (Lipinski definition) is 1. The van der Waals surface area contributed by atoms with E-state index in [1.807, 2.05) is 18.2 Å². The van der Waals surface area contributed by atoms with Crippen molar-refractivity contribution in [3.8, 4) is 5.75 Å². The Balaban J connectivity index is 1.68. The van der Waals surface area contributed by atoms with Gasteiger partial charge in [0.05, 0.1) is 12.2 Å². The van der Waals surface area contributed by atoms with Crippen molar-refractivity contribution >= 4 is 28.1 Å². The van der Waals surface area contributed by atoms with Gasteiger partial charge < -0.3 is 10.1 Å². The fourth-order valence-corrected chi connectivity index (χ4v) is 2.91. The lowest BCUT2D eigenvalue weighted by Gasteiger charge is -2.28. The van der Waals surface area contributed by atoms with Crippen LogP contribution in [0.4, 0.5) is 5.69 Å². The Morgan fingerprint density at radius 1 is 0.952 bits per heavy atom. The molecule has 0 saturated heterocycles. The van der Waals surface area contributed by atoms with E-state index in [0.29, 0.717) is 5.02 Å². The van der Waals surface area contributed by atoms with Gasteiger partial charge in [-0.15, -0.1) is 0 Å². The van der Waals surface area contributed by atoms with Gasteiger partial charge >= 0.3 is 0 Å². The Morgan fingerprint density at radius 2 is 1.81 bits per heavy atom. The van der Waals surface area contributed by atoms with Crippen molar-refractivity contribution in [3.63, 3.8) is 0 Å². The molecule has 1 N–H and O–H groups in total. The van der Waals surface area contributed by atoms with Gasteiger partial charge in [0.25, 0.3) is 0 Å². The van der Waals surface area contributed by atoms with Crippen molar-refractivity contribution in [2.75, 3.05) is 11.9 Å². The fourth-order valence-electron chi connectivity index (χ4n) is 2.73. The Kier molecular flexibility index (Phi) is 2.97. The molecule has 3 aromatic rings. The molecule has 3 aromatic carbocycles. The Morgan fingerprint density at radius 3 is 2.71 bits per heavy atom. The van der Waals surface area contributed by atoms with Crippen LogP contribution in [-0.4, -0.2) is 6.54 Å². The first kappa shape index (κ1) is 12.5. The molecular weight excluding hydrogens is 282 g/mol. The molecule has 0 fully saturated rings. The summed E-state index contributed by atoms with van der Waals surface area (Å²) in [5.41, 5.74) is 2.14.